The van der Waals surface area contributed by atoms with Crippen LogP contribution in [0.3, 0.4) is 0 Å². The molecule has 0 fully saturated rings. The highest BCUT2D eigenvalue weighted by Crippen LogP contribution is 2.31. The van der Waals surface area contributed by atoms with E-state index in [-0.39, 0.29) is 5.56 Å². The van der Waals surface area contributed by atoms with E-state index in [2.05, 4.69) is 18.7 Å². The first-order chi connectivity index (χ1) is 15.1. The minimum absolute atomic E-state index is 0.140. The molecule has 4 rings (SSSR count). The fourth-order valence-electron chi connectivity index (χ4n) is 3.29. The number of para-hydroxylation sites is 1. The average molecular weight is 431 g/mol. The van der Waals surface area contributed by atoms with Gasteiger partial charge in [0.05, 0.1) is 30.8 Å². The van der Waals surface area contributed by atoms with E-state index in [1.54, 1.807) is 30.9 Å². The van der Waals surface area contributed by atoms with E-state index in [0.29, 0.717) is 39.0 Å². The van der Waals surface area contributed by atoms with Crippen LogP contribution in [0.5, 0.6) is 11.5 Å². The van der Waals surface area contributed by atoms with Crippen molar-refractivity contribution in [2.75, 3.05) is 14.2 Å². The molecule has 3 aromatic carbocycles. The van der Waals surface area contributed by atoms with Gasteiger partial charge in [0.25, 0.3) is 5.56 Å². The van der Waals surface area contributed by atoms with E-state index in [9.17, 15) is 4.79 Å². The maximum atomic E-state index is 13.5. The molecule has 0 bridgehead atoms. The minimum Gasteiger partial charge on any atom is -0.497 e. The van der Waals surface area contributed by atoms with E-state index >= 15 is 0 Å². The molecule has 0 radical (unpaired) electrons. The topological polar surface area (TPSA) is 53.4 Å². The van der Waals surface area contributed by atoms with Crippen molar-refractivity contribution in [1.82, 2.24) is 9.55 Å². The van der Waals surface area contributed by atoms with E-state index in [1.807, 2.05) is 48.5 Å². The first kappa shape index (κ1) is 20.8. The molecule has 0 unspecified atom stereocenters. The summed E-state index contributed by atoms with van der Waals surface area (Å²) in [5.74, 6) is 1.86. The SMILES string of the molecule is C=Cc1ccc(CSc2nc3ccccc3c(=O)n2-c2ccc(OC)cc2OC)cc1. The van der Waals surface area contributed by atoms with Crippen LogP contribution in [0.4, 0.5) is 0 Å². The third-order valence-corrected chi connectivity index (χ3v) is 5.97. The van der Waals surface area contributed by atoms with E-state index in [4.69, 9.17) is 14.5 Å². The zero-order valence-electron chi connectivity index (χ0n) is 17.4. The highest BCUT2D eigenvalue weighted by Gasteiger charge is 2.17. The fourth-order valence-corrected chi connectivity index (χ4v) is 4.25. The number of nitrogens with zero attached hydrogens (tertiary/aromatic N) is 2. The number of rotatable bonds is 7. The molecule has 4 aromatic rings. The Bertz CT molecular complexity index is 1300. The zero-order chi connectivity index (χ0) is 21.8. The van der Waals surface area contributed by atoms with Crippen molar-refractivity contribution in [3.05, 3.63) is 94.8 Å². The van der Waals surface area contributed by atoms with Crippen LogP contribution in [-0.4, -0.2) is 23.8 Å². The smallest absolute Gasteiger partial charge is 0.266 e. The van der Waals surface area contributed by atoms with Gasteiger partial charge in [-0.1, -0.05) is 60.8 Å². The van der Waals surface area contributed by atoms with Crippen molar-refractivity contribution in [1.29, 1.82) is 0 Å². The van der Waals surface area contributed by atoms with Crippen LogP contribution in [-0.2, 0) is 5.75 Å². The molecule has 1 aromatic heterocycles. The predicted molar refractivity (Wildman–Crippen MR) is 127 cm³/mol. The van der Waals surface area contributed by atoms with Gasteiger partial charge >= 0.3 is 0 Å². The predicted octanol–water partition coefficient (Wildman–Crippen LogP) is 5.34. The first-order valence-corrected chi connectivity index (χ1v) is 10.7. The maximum absolute atomic E-state index is 13.5. The lowest BCUT2D eigenvalue weighted by atomic mass is 10.1. The van der Waals surface area contributed by atoms with Crippen LogP contribution in [0, 0.1) is 0 Å². The number of ether oxygens (including phenoxy) is 2. The van der Waals surface area contributed by atoms with Crippen LogP contribution in [0.2, 0.25) is 0 Å². The second-order valence-corrected chi connectivity index (χ2v) is 7.77. The summed E-state index contributed by atoms with van der Waals surface area (Å²) in [6.07, 6.45) is 1.81. The lowest BCUT2D eigenvalue weighted by molar-refractivity contribution is 0.392. The Labute approximate surface area is 185 Å². The molecule has 156 valence electrons. The Hall–Kier alpha value is -3.51. The Balaban J connectivity index is 1.84. The fraction of sp³-hybridized carbons (Fsp3) is 0.120. The molecule has 1 heterocycles. The standard InChI is InChI=1S/C25H22N2O3S/c1-4-17-9-11-18(12-10-17)16-31-25-26-21-8-6-5-7-20(21)24(28)27(25)22-14-13-19(29-2)15-23(22)30-3/h4-15H,1,16H2,2-3H3. The summed E-state index contributed by atoms with van der Waals surface area (Å²) < 4.78 is 12.5. The lowest BCUT2D eigenvalue weighted by Gasteiger charge is -2.16. The summed E-state index contributed by atoms with van der Waals surface area (Å²) in [6.45, 7) is 3.79. The quantitative estimate of drug-likeness (QED) is 0.293. The zero-order valence-corrected chi connectivity index (χ0v) is 18.2. The van der Waals surface area contributed by atoms with Gasteiger partial charge in [0, 0.05) is 11.8 Å². The van der Waals surface area contributed by atoms with Crippen molar-refractivity contribution < 1.29 is 9.47 Å². The van der Waals surface area contributed by atoms with Crippen LogP contribution < -0.4 is 15.0 Å². The van der Waals surface area contributed by atoms with Gasteiger partial charge in [-0.3, -0.25) is 9.36 Å². The van der Waals surface area contributed by atoms with E-state index < -0.39 is 0 Å². The number of fused-ring (bicyclic) bond motifs is 1. The van der Waals surface area contributed by atoms with Crippen molar-refractivity contribution >= 4 is 28.7 Å². The van der Waals surface area contributed by atoms with Crippen molar-refractivity contribution in [2.45, 2.75) is 10.9 Å². The molecular weight excluding hydrogens is 408 g/mol. The third-order valence-electron chi connectivity index (χ3n) is 4.96. The first-order valence-electron chi connectivity index (χ1n) is 9.73. The lowest BCUT2D eigenvalue weighted by Crippen LogP contribution is -2.22. The molecule has 6 heteroatoms. The molecule has 31 heavy (non-hydrogen) atoms. The summed E-state index contributed by atoms with van der Waals surface area (Å²) >= 11 is 1.51. The highest BCUT2D eigenvalue weighted by atomic mass is 32.2. The van der Waals surface area contributed by atoms with E-state index in [0.717, 1.165) is 11.1 Å². The van der Waals surface area contributed by atoms with Gasteiger partial charge in [-0.15, -0.1) is 0 Å². The number of benzene rings is 3. The molecule has 0 spiro atoms. The van der Waals surface area contributed by atoms with Gasteiger partial charge in [0.1, 0.15) is 11.5 Å². The molecule has 0 saturated carbocycles. The number of aromatic nitrogens is 2. The van der Waals surface area contributed by atoms with Crippen LogP contribution >= 0.6 is 11.8 Å². The minimum atomic E-state index is -0.140. The highest BCUT2D eigenvalue weighted by molar-refractivity contribution is 7.98. The largest absolute Gasteiger partial charge is 0.497 e. The van der Waals surface area contributed by atoms with Gasteiger partial charge in [0.2, 0.25) is 0 Å². The number of hydrogen-bond acceptors (Lipinski definition) is 5. The molecule has 0 aliphatic heterocycles. The summed E-state index contributed by atoms with van der Waals surface area (Å²) in [5.41, 5.74) is 3.35. The normalized spacial score (nSPS) is 10.8. The summed E-state index contributed by atoms with van der Waals surface area (Å²) in [7, 11) is 3.17. The Morgan fingerprint density at radius 3 is 2.52 bits per heavy atom. The summed E-state index contributed by atoms with van der Waals surface area (Å²) in [4.78, 5) is 18.3. The van der Waals surface area contributed by atoms with Gasteiger partial charge in [-0.05, 0) is 35.4 Å². The number of thioether (sulfide) groups is 1. The summed E-state index contributed by atoms with van der Waals surface area (Å²) in [5, 5.41) is 1.15. The molecule has 0 amide bonds. The second-order valence-electron chi connectivity index (χ2n) is 6.82. The average Bonchev–Trinajstić information content (AvgIpc) is 2.83. The Kier molecular flexibility index (Phi) is 6.09. The van der Waals surface area contributed by atoms with E-state index in [1.165, 1.54) is 11.8 Å². The van der Waals surface area contributed by atoms with Gasteiger partial charge < -0.3 is 9.47 Å². The monoisotopic (exact) mass is 430 g/mol. The van der Waals surface area contributed by atoms with Crippen LogP contribution in [0.1, 0.15) is 11.1 Å². The number of hydrogen-bond donors (Lipinski definition) is 0. The second kappa shape index (κ2) is 9.10. The Morgan fingerprint density at radius 2 is 1.81 bits per heavy atom. The van der Waals surface area contributed by atoms with Crippen LogP contribution in [0.25, 0.3) is 22.7 Å². The molecule has 0 N–H and O–H groups in total. The molecule has 0 aliphatic carbocycles. The molecule has 0 atom stereocenters. The van der Waals surface area contributed by atoms with Gasteiger partial charge in [0.15, 0.2) is 5.16 Å². The van der Waals surface area contributed by atoms with Gasteiger partial charge in [-0.2, -0.15) is 0 Å². The Morgan fingerprint density at radius 1 is 1.03 bits per heavy atom. The number of methoxy groups -OCH3 is 2. The van der Waals surface area contributed by atoms with Crippen LogP contribution in [0.15, 0.2) is 83.3 Å². The molecular formula is C25H22N2O3S. The van der Waals surface area contributed by atoms with Crippen molar-refractivity contribution in [3.63, 3.8) is 0 Å². The van der Waals surface area contributed by atoms with Crippen molar-refractivity contribution in [2.24, 2.45) is 0 Å². The molecule has 0 saturated heterocycles. The maximum Gasteiger partial charge on any atom is 0.266 e. The molecule has 0 aliphatic rings. The molecule has 5 nitrogen and oxygen atoms in total. The van der Waals surface area contributed by atoms with Gasteiger partial charge in [-0.25, -0.2) is 4.98 Å². The van der Waals surface area contributed by atoms with Crippen molar-refractivity contribution in [3.8, 4) is 17.2 Å². The third kappa shape index (κ3) is 4.20. The summed E-state index contributed by atoms with van der Waals surface area (Å²) in [6, 6.07) is 20.9.